The third-order valence-corrected chi connectivity index (χ3v) is 3.65. The Morgan fingerprint density at radius 3 is 2.43 bits per heavy atom. The van der Waals surface area contributed by atoms with Crippen LogP contribution in [-0.4, -0.2) is 28.3 Å². The van der Waals surface area contributed by atoms with Crippen LogP contribution in [0.4, 0.5) is 0 Å². The van der Waals surface area contributed by atoms with Gasteiger partial charge in [0, 0.05) is 5.56 Å². The van der Waals surface area contributed by atoms with Crippen molar-refractivity contribution in [3.05, 3.63) is 40.8 Å². The van der Waals surface area contributed by atoms with E-state index in [2.05, 4.69) is 15.5 Å². The van der Waals surface area contributed by atoms with Crippen LogP contribution in [0.25, 0.3) is 11.0 Å². The standard InChI is InChI=1S/C7H7N3O2S.C6H9NO/c1-5-2-3-7-6(4-5)8-9-10(7)13(11)12;1-4-5(2)7-8-6(4)3/h2-4H,1H3,(H,11,12);1-3H3/p-1. The first-order valence-corrected chi connectivity index (χ1v) is 7.24. The molecule has 2 heterocycles. The maximum Gasteiger partial charge on any atom is 0.136 e. The number of aromatic nitrogens is 4. The molecule has 0 aliphatic heterocycles. The molecule has 0 bridgehead atoms. The zero-order valence-electron chi connectivity index (χ0n) is 12.2. The summed E-state index contributed by atoms with van der Waals surface area (Å²) >= 11 is -2.39. The molecule has 2 aromatic heterocycles. The highest BCUT2D eigenvalue weighted by Gasteiger charge is 2.03. The van der Waals surface area contributed by atoms with Gasteiger partial charge in [-0.3, -0.25) is 4.21 Å². The van der Waals surface area contributed by atoms with Crippen LogP contribution >= 0.6 is 0 Å². The van der Waals surface area contributed by atoms with Gasteiger partial charge in [0.2, 0.25) is 0 Å². The van der Waals surface area contributed by atoms with Gasteiger partial charge in [-0.1, -0.05) is 16.4 Å². The van der Waals surface area contributed by atoms with Gasteiger partial charge in [-0.2, -0.15) is 4.09 Å². The lowest BCUT2D eigenvalue weighted by Gasteiger charge is -2.03. The molecule has 1 aromatic carbocycles. The Labute approximate surface area is 124 Å². The van der Waals surface area contributed by atoms with Crippen LogP contribution in [0.15, 0.2) is 22.7 Å². The summed E-state index contributed by atoms with van der Waals surface area (Å²) in [5.74, 6) is 0.919. The Balaban J connectivity index is 0.000000173. The van der Waals surface area contributed by atoms with Gasteiger partial charge in [-0.05, 0) is 45.4 Å². The monoisotopic (exact) mass is 307 g/mol. The zero-order chi connectivity index (χ0) is 15.6. The minimum absolute atomic E-state index is 0.499. The molecule has 7 nitrogen and oxygen atoms in total. The average Bonchev–Trinajstić information content (AvgIpc) is 2.98. The number of nitrogens with zero attached hydrogens (tertiary/aromatic N) is 4. The first-order chi connectivity index (χ1) is 9.90. The molecule has 1 unspecified atom stereocenters. The normalized spacial score (nSPS) is 12.0. The maximum absolute atomic E-state index is 10.6. The van der Waals surface area contributed by atoms with E-state index in [1.165, 1.54) is 0 Å². The van der Waals surface area contributed by atoms with Crippen molar-refractivity contribution in [3.8, 4) is 0 Å². The van der Waals surface area contributed by atoms with Gasteiger partial charge >= 0.3 is 0 Å². The topological polar surface area (TPSA) is 96.9 Å². The Bertz CT molecular complexity index is 774. The second-order valence-corrected chi connectivity index (χ2v) is 5.40. The second-order valence-electron chi connectivity index (χ2n) is 4.62. The highest BCUT2D eigenvalue weighted by atomic mass is 32.2. The maximum atomic E-state index is 10.6. The first-order valence-electron chi connectivity index (χ1n) is 6.21. The summed E-state index contributed by atoms with van der Waals surface area (Å²) in [6.45, 7) is 7.76. The molecule has 3 rings (SSSR count). The lowest BCUT2D eigenvalue weighted by Crippen LogP contribution is -2.04. The summed E-state index contributed by atoms with van der Waals surface area (Å²) in [7, 11) is 0. The summed E-state index contributed by atoms with van der Waals surface area (Å²) in [4.78, 5) is 0. The third-order valence-electron chi connectivity index (χ3n) is 3.10. The molecule has 0 N–H and O–H groups in total. The fourth-order valence-corrected chi connectivity index (χ4v) is 2.06. The fraction of sp³-hybridized carbons (Fsp3) is 0.308. The van der Waals surface area contributed by atoms with Crippen LogP contribution in [0.3, 0.4) is 0 Å². The highest BCUT2D eigenvalue weighted by molar-refractivity contribution is 7.77. The largest absolute Gasteiger partial charge is 0.754 e. The molecular formula is C13H15N4O3S-. The van der Waals surface area contributed by atoms with Crippen molar-refractivity contribution in [1.29, 1.82) is 0 Å². The minimum Gasteiger partial charge on any atom is -0.754 e. The number of hydrogen-bond donors (Lipinski definition) is 0. The van der Waals surface area contributed by atoms with Crippen LogP contribution in [0.5, 0.6) is 0 Å². The van der Waals surface area contributed by atoms with E-state index < -0.39 is 11.3 Å². The van der Waals surface area contributed by atoms with E-state index in [1.807, 2.05) is 33.8 Å². The Hall–Kier alpha value is -2.06. The van der Waals surface area contributed by atoms with E-state index in [0.29, 0.717) is 11.0 Å². The third kappa shape index (κ3) is 3.34. The van der Waals surface area contributed by atoms with Gasteiger partial charge in [0.05, 0.1) is 17.0 Å². The number of hydrogen-bond acceptors (Lipinski definition) is 6. The van der Waals surface area contributed by atoms with Gasteiger partial charge < -0.3 is 9.08 Å². The van der Waals surface area contributed by atoms with Crippen molar-refractivity contribution in [2.45, 2.75) is 27.7 Å². The lowest BCUT2D eigenvalue weighted by molar-refractivity contribution is 0.392. The summed E-state index contributed by atoms with van der Waals surface area (Å²) < 4.78 is 26.9. The molecule has 0 saturated heterocycles. The zero-order valence-corrected chi connectivity index (χ0v) is 13.0. The van der Waals surface area contributed by atoms with E-state index in [1.54, 1.807) is 12.1 Å². The molecule has 1 atom stereocenters. The Kier molecular flexibility index (Phi) is 4.49. The molecule has 0 saturated carbocycles. The van der Waals surface area contributed by atoms with E-state index in [9.17, 15) is 8.76 Å². The van der Waals surface area contributed by atoms with Crippen molar-refractivity contribution in [1.82, 2.24) is 19.6 Å². The second kappa shape index (κ2) is 6.15. The number of fused-ring (bicyclic) bond motifs is 1. The Morgan fingerprint density at radius 2 is 1.95 bits per heavy atom. The smallest absolute Gasteiger partial charge is 0.136 e. The summed E-state index contributed by atoms with van der Waals surface area (Å²) in [5.41, 5.74) is 4.26. The van der Waals surface area contributed by atoms with Crippen LogP contribution in [0.2, 0.25) is 0 Å². The van der Waals surface area contributed by atoms with Crippen LogP contribution in [-0.2, 0) is 11.3 Å². The van der Waals surface area contributed by atoms with E-state index in [0.717, 1.165) is 26.7 Å². The number of benzene rings is 1. The summed E-state index contributed by atoms with van der Waals surface area (Å²) in [5, 5.41) is 11.0. The molecule has 8 heteroatoms. The highest BCUT2D eigenvalue weighted by Crippen LogP contribution is 2.12. The number of aryl methyl sites for hydroxylation is 3. The van der Waals surface area contributed by atoms with Gasteiger partial charge in [0.25, 0.3) is 0 Å². The fourth-order valence-electron chi connectivity index (χ4n) is 1.65. The predicted octanol–water partition coefficient (Wildman–Crippen LogP) is 1.98. The molecular weight excluding hydrogens is 292 g/mol. The summed E-state index contributed by atoms with van der Waals surface area (Å²) in [6.07, 6.45) is 0. The molecule has 0 spiro atoms. The van der Waals surface area contributed by atoms with E-state index in [-0.39, 0.29) is 0 Å². The predicted molar refractivity (Wildman–Crippen MR) is 77.3 cm³/mol. The molecule has 112 valence electrons. The first kappa shape index (κ1) is 15.3. The molecule has 0 aliphatic carbocycles. The van der Waals surface area contributed by atoms with Crippen molar-refractivity contribution < 1.29 is 13.3 Å². The SMILES string of the molecule is Cc1ccc2c(c1)nnn2S(=O)[O-].Cc1noc(C)c1C. The minimum atomic E-state index is -2.39. The van der Waals surface area contributed by atoms with Gasteiger partial charge in [0.1, 0.15) is 16.8 Å². The van der Waals surface area contributed by atoms with Gasteiger partial charge in [-0.25, -0.2) is 0 Å². The molecule has 3 aromatic rings. The van der Waals surface area contributed by atoms with Gasteiger partial charge in [0.15, 0.2) is 0 Å². The molecule has 0 aliphatic rings. The summed E-state index contributed by atoms with van der Waals surface area (Å²) in [6, 6.07) is 5.28. The number of rotatable bonds is 1. The molecule has 0 fully saturated rings. The average molecular weight is 307 g/mol. The molecule has 21 heavy (non-hydrogen) atoms. The quantitative estimate of drug-likeness (QED) is 0.638. The molecule has 0 amide bonds. The van der Waals surface area contributed by atoms with Crippen molar-refractivity contribution >= 4 is 22.3 Å². The lowest BCUT2D eigenvalue weighted by atomic mass is 10.2. The van der Waals surface area contributed by atoms with Gasteiger partial charge in [-0.15, -0.1) is 5.10 Å². The van der Waals surface area contributed by atoms with Crippen molar-refractivity contribution in [3.63, 3.8) is 0 Å². The van der Waals surface area contributed by atoms with Crippen molar-refractivity contribution in [2.75, 3.05) is 0 Å². The van der Waals surface area contributed by atoms with Crippen LogP contribution < -0.4 is 0 Å². The van der Waals surface area contributed by atoms with E-state index in [4.69, 9.17) is 4.52 Å². The van der Waals surface area contributed by atoms with Crippen LogP contribution in [0, 0.1) is 27.7 Å². The Morgan fingerprint density at radius 1 is 1.24 bits per heavy atom. The molecule has 0 radical (unpaired) electrons. The van der Waals surface area contributed by atoms with Crippen LogP contribution in [0.1, 0.15) is 22.6 Å². The van der Waals surface area contributed by atoms with Crippen molar-refractivity contribution in [2.24, 2.45) is 0 Å². The van der Waals surface area contributed by atoms with E-state index >= 15 is 0 Å².